The fraction of sp³-hybridized carbons (Fsp3) is 0.733. The van der Waals surface area contributed by atoms with E-state index in [0.29, 0.717) is 30.8 Å². The topological polar surface area (TPSA) is 50.2 Å². The third kappa shape index (κ3) is 2.75. The first-order chi connectivity index (χ1) is 10.1. The van der Waals surface area contributed by atoms with E-state index in [9.17, 15) is 4.79 Å². The lowest BCUT2D eigenvalue weighted by molar-refractivity contribution is -0.140. The molecule has 21 heavy (non-hydrogen) atoms. The number of piperidine rings is 2. The van der Waals surface area contributed by atoms with Gasteiger partial charge in [-0.15, -0.1) is 0 Å². The lowest BCUT2D eigenvalue weighted by Gasteiger charge is -2.44. The summed E-state index contributed by atoms with van der Waals surface area (Å²) in [5.41, 5.74) is 2.13. The van der Waals surface area contributed by atoms with Crippen LogP contribution in [0.4, 0.5) is 0 Å². The van der Waals surface area contributed by atoms with Crippen LogP contribution < -0.4 is 5.32 Å². The number of hydrogen-bond acceptors (Lipinski definition) is 3. The fourth-order valence-corrected chi connectivity index (χ4v) is 4.05. The van der Waals surface area contributed by atoms with Gasteiger partial charge in [0.2, 0.25) is 5.91 Å². The standard InChI is InChI=1S/C15H23BrN4O/c1-3-20-13(15(16)10(2)18-20)9-19-12-6-7-17-8-11(12)4-5-14(19)21/h11-12,17H,3-9H2,1-2H3. The van der Waals surface area contributed by atoms with Crippen molar-refractivity contribution in [1.82, 2.24) is 20.0 Å². The predicted octanol–water partition coefficient (Wildman–Crippen LogP) is 2.07. The molecule has 0 spiro atoms. The molecule has 1 aromatic rings. The molecule has 6 heteroatoms. The van der Waals surface area contributed by atoms with E-state index in [-0.39, 0.29) is 0 Å². The molecule has 2 fully saturated rings. The van der Waals surface area contributed by atoms with Crippen LogP contribution >= 0.6 is 15.9 Å². The lowest BCUT2D eigenvalue weighted by Crippen LogP contribution is -2.54. The van der Waals surface area contributed by atoms with Gasteiger partial charge < -0.3 is 10.2 Å². The highest BCUT2D eigenvalue weighted by molar-refractivity contribution is 9.10. The first kappa shape index (κ1) is 15.0. The van der Waals surface area contributed by atoms with Crippen LogP contribution in [0.3, 0.4) is 0 Å². The van der Waals surface area contributed by atoms with Crippen LogP contribution in [0.1, 0.15) is 37.6 Å². The van der Waals surface area contributed by atoms with Crippen molar-refractivity contribution in [3.05, 3.63) is 15.9 Å². The number of halogens is 1. The second kappa shape index (κ2) is 6.08. The van der Waals surface area contributed by atoms with Crippen LogP contribution in [-0.4, -0.2) is 39.7 Å². The van der Waals surface area contributed by atoms with E-state index >= 15 is 0 Å². The molecule has 0 aliphatic carbocycles. The summed E-state index contributed by atoms with van der Waals surface area (Å²) in [6.45, 7) is 7.66. The minimum Gasteiger partial charge on any atom is -0.333 e. The third-order valence-corrected chi connectivity index (χ3v) is 5.82. The minimum absolute atomic E-state index is 0.298. The average molecular weight is 355 g/mol. The predicted molar refractivity (Wildman–Crippen MR) is 84.9 cm³/mol. The molecule has 1 amide bonds. The van der Waals surface area contributed by atoms with Gasteiger partial charge in [-0.25, -0.2) is 0 Å². The molecule has 1 aromatic heterocycles. The SMILES string of the molecule is CCn1nc(C)c(Br)c1CN1C(=O)CCC2CNCCC21. The van der Waals surface area contributed by atoms with E-state index in [0.717, 1.165) is 48.3 Å². The maximum atomic E-state index is 12.4. The molecule has 2 saturated heterocycles. The largest absolute Gasteiger partial charge is 0.333 e. The average Bonchev–Trinajstić information content (AvgIpc) is 2.77. The van der Waals surface area contributed by atoms with Crippen LogP contribution in [0.15, 0.2) is 4.47 Å². The first-order valence-electron chi connectivity index (χ1n) is 7.83. The highest BCUT2D eigenvalue weighted by Gasteiger charge is 2.37. The Balaban J connectivity index is 1.86. The molecule has 2 aliphatic heterocycles. The van der Waals surface area contributed by atoms with E-state index in [1.807, 2.05) is 11.6 Å². The highest BCUT2D eigenvalue weighted by Crippen LogP contribution is 2.31. The summed E-state index contributed by atoms with van der Waals surface area (Å²) in [7, 11) is 0. The number of nitrogens with one attached hydrogen (secondary N) is 1. The van der Waals surface area contributed by atoms with Crippen LogP contribution in [0.2, 0.25) is 0 Å². The fourth-order valence-electron chi connectivity index (χ4n) is 3.64. The molecule has 3 rings (SSSR count). The third-order valence-electron chi connectivity index (χ3n) is 4.79. The molecule has 5 nitrogen and oxygen atoms in total. The van der Waals surface area contributed by atoms with Gasteiger partial charge in [-0.05, 0) is 61.6 Å². The van der Waals surface area contributed by atoms with Crippen molar-refractivity contribution in [2.45, 2.75) is 52.2 Å². The van der Waals surface area contributed by atoms with Crippen molar-refractivity contribution in [1.29, 1.82) is 0 Å². The van der Waals surface area contributed by atoms with E-state index < -0.39 is 0 Å². The van der Waals surface area contributed by atoms with Crippen molar-refractivity contribution in [3.8, 4) is 0 Å². The number of likely N-dealkylation sites (tertiary alicyclic amines) is 1. The highest BCUT2D eigenvalue weighted by atomic mass is 79.9. The zero-order chi connectivity index (χ0) is 15.0. The van der Waals surface area contributed by atoms with Crippen molar-refractivity contribution in [2.75, 3.05) is 13.1 Å². The Morgan fingerprint density at radius 2 is 2.24 bits per heavy atom. The molecular weight excluding hydrogens is 332 g/mol. The van der Waals surface area contributed by atoms with Crippen LogP contribution in [-0.2, 0) is 17.9 Å². The number of nitrogens with zero attached hydrogens (tertiary/aromatic N) is 3. The molecular formula is C15H23BrN4O. The van der Waals surface area contributed by atoms with E-state index in [2.05, 4.69) is 38.2 Å². The van der Waals surface area contributed by atoms with Crippen LogP contribution in [0, 0.1) is 12.8 Å². The number of aromatic nitrogens is 2. The Morgan fingerprint density at radius 1 is 1.43 bits per heavy atom. The zero-order valence-electron chi connectivity index (χ0n) is 12.7. The maximum absolute atomic E-state index is 12.4. The second-order valence-electron chi connectivity index (χ2n) is 6.04. The van der Waals surface area contributed by atoms with E-state index in [4.69, 9.17) is 0 Å². The summed E-state index contributed by atoms with van der Waals surface area (Å²) in [5.74, 6) is 0.904. The second-order valence-corrected chi connectivity index (χ2v) is 6.84. The molecule has 0 radical (unpaired) electrons. The number of fused-ring (bicyclic) bond motifs is 1. The van der Waals surface area contributed by atoms with Gasteiger partial charge >= 0.3 is 0 Å². The summed E-state index contributed by atoms with van der Waals surface area (Å²) >= 11 is 3.64. The van der Waals surface area contributed by atoms with Crippen molar-refractivity contribution in [3.63, 3.8) is 0 Å². The summed E-state index contributed by atoms with van der Waals surface area (Å²) in [6, 6.07) is 0.389. The van der Waals surface area contributed by atoms with Crippen molar-refractivity contribution < 1.29 is 4.79 Å². The molecule has 3 heterocycles. The zero-order valence-corrected chi connectivity index (χ0v) is 14.3. The quantitative estimate of drug-likeness (QED) is 0.903. The van der Waals surface area contributed by atoms with Crippen LogP contribution in [0.25, 0.3) is 0 Å². The minimum atomic E-state index is 0.298. The number of carbonyl (C=O) groups is 1. The molecule has 0 bridgehead atoms. The molecule has 0 aromatic carbocycles. The Hall–Kier alpha value is -0.880. The first-order valence-corrected chi connectivity index (χ1v) is 8.63. The summed E-state index contributed by atoms with van der Waals surface area (Å²) in [5, 5.41) is 8.00. The van der Waals surface area contributed by atoms with Crippen molar-refractivity contribution >= 4 is 21.8 Å². The maximum Gasteiger partial charge on any atom is 0.223 e. The lowest BCUT2D eigenvalue weighted by atomic mass is 9.84. The van der Waals surface area contributed by atoms with Gasteiger partial charge in [0, 0.05) is 19.0 Å². The number of aryl methyl sites for hydroxylation is 2. The number of hydrogen-bond donors (Lipinski definition) is 1. The normalized spacial score (nSPS) is 26.0. The van der Waals surface area contributed by atoms with Gasteiger partial charge in [0.15, 0.2) is 0 Å². The summed E-state index contributed by atoms with van der Waals surface area (Å²) in [4.78, 5) is 14.5. The van der Waals surface area contributed by atoms with Gasteiger partial charge in [-0.2, -0.15) is 5.10 Å². The van der Waals surface area contributed by atoms with E-state index in [1.54, 1.807) is 0 Å². The van der Waals surface area contributed by atoms with Gasteiger partial charge in [-0.1, -0.05) is 0 Å². The smallest absolute Gasteiger partial charge is 0.223 e. The molecule has 0 saturated carbocycles. The monoisotopic (exact) mass is 354 g/mol. The molecule has 2 unspecified atom stereocenters. The summed E-state index contributed by atoms with van der Waals surface area (Å²) in [6.07, 6.45) is 2.77. The number of rotatable bonds is 3. The molecule has 116 valence electrons. The molecule has 2 atom stereocenters. The van der Waals surface area contributed by atoms with Gasteiger partial charge in [0.1, 0.15) is 0 Å². The number of carbonyl (C=O) groups excluding carboxylic acids is 1. The van der Waals surface area contributed by atoms with Crippen molar-refractivity contribution in [2.24, 2.45) is 5.92 Å². The van der Waals surface area contributed by atoms with Crippen LogP contribution in [0.5, 0.6) is 0 Å². The molecule has 2 aliphatic rings. The van der Waals surface area contributed by atoms with Gasteiger partial charge in [-0.3, -0.25) is 9.48 Å². The molecule has 1 N–H and O–H groups in total. The Morgan fingerprint density at radius 3 is 3.00 bits per heavy atom. The Kier molecular flexibility index (Phi) is 4.36. The van der Waals surface area contributed by atoms with E-state index in [1.165, 1.54) is 0 Å². The number of amides is 1. The van der Waals surface area contributed by atoms with Gasteiger partial charge in [0.25, 0.3) is 0 Å². The Bertz CT molecular complexity index is 542. The Labute approximate surface area is 134 Å². The van der Waals surface area contributed by atoms with Gasteiger partial charge in [0.05, 0.1) is 22.4 Å². The summed E-state index contributed by atoms with van der Waals surface area (Å²) < 4.78 is 3.06.